The molecule has 1 heterocycles. The van der Waals surface area contributed by atoms with Gasteiger partial charge in [-0.1, -0.05) is 33.1 Å². The molecule has 0 spiro atoms. The predicted molar refractivity (Wildman–Crippen MR) is 94.7 cm³/mol. The SMILES string of the molecule is CCCC[C@H](CC)CNC(=O)c1cc(-n2cnnc2)ccc1Br. The van der Waals surface area contributed by atoms with Crippen LogP contribution in [0, 0.1) is 5.92 Å². The topological polar surface area (TPSA) is 59.8 Å². The molecule has 0 aliphatic heterocycles. The number of halogens is 1. The first kappa shape index (κ1) is 17.7. The molecular weight excluding hydrogens is 356 g/mol. The van der Waals surface area contributed by atoms with Crippen LogP contribution >= 0.6 is 15.9 Å². The van der Waals surface area contributed by atoms with E-state index in [0.717, 1.165) is 29.5 Å². The zero-order valence-electron chi connectivity index (χ0n) is 13.6. The van der Waals surface area contributed by atoms with Crippen LogP contribution in [0.5, 0.6) is 0 Å². The number of hydrogen-bond acceptors (Lipinski definition) is 3. The third-order valence-electron chi connectivity index (χ3n) is 4.01. The minimum Gasteiger partial charge on any atom is -0.352 e. The van der Waals surface area contributed by atoms with Crippen molar-refractivity contribution in [1.82, 2.24) is 20.1 Å². The Balaban J connectivity index is 2.05. The van der Waals surface area contributed by atoms with Gasteiger partial charge in [0.25, 0.3) is 5.91 Å². The summed E-state index contributed by atoms with van der Waals surface area (Å²) in [5.74, 6) is 0.487. The summed E-state index contributed by atoms with van der Waals surface area (Å²) in [6, 6.07) is 5.63. The van der Waals surface area contributed by atoms with Crippen LogP contribution in [-0.2, 0) is 0 Å². The summed E-state index contributed by atoms with van der Waals surface area (Å²) < 4.78 is 2.56. The molecule has 0 saturated carbocycles. The Morgan fingerprint density at radius 2 is 2.04 bits per heavy atom. The maximum Gasteiger partial charge on any atom is 0.252 e. The van der Waals surface area contributed by atoms with Gasteiger partial charge in [0.05, 0.1) is 5.56 Å². The smallest absolute Gasteiger partial charge is 0.252 e. The Kier molecular flexibility index (Phi) is 6.77. The Hall–Kier alpha value is -1.69. The molecular formula is C17H23BrN4O. The summed E-state index contributed by atoms with van der Waals surface area (Å²) in [6.07, 6.45) is 7.88. The normalized spacial score (nSPS) is 12.1. The highest BCUT2D eigenvalue weighted by atomic mass is 79.9. The van der Waals surface area contributed by atoms with Gasteiger partial charge < -0.3 is 5.32 Å². The van der Waals surface area contributed by atoms with Crippen LogP contribution in [0.2, 0.25) is 0 Å². The van der Waals surface area contributed by atoms with Gasteiger partial charge in [-0.05, 0) is 46.5 Å². The van der Waals surface area contributed by atoms with E-state index in [1.807, 2.05) is 18.2 Å². The lowest BCUT2D eigenvalue weighted by Crippen LogP contribution is -2.29. The van der Waals surface area contributed by atoms with Crippen molar-refractivity contribution in [1.29, 1.82) is 0 Å². The highest BCUT2D eigenvalue weighted by Gasteiger charge is 2.13. The molecule has 0 fully saturated rings. The van der Waals surface area contributed by atoms with Crippen LogP contribution in [0.3, 0.4) is 0 Å². The molecule has 23 heavy (non-hydrogen) atoms. The Labute approximate surface area is 145 Å². The standard InChI is InChI=1S/C17H23BrN4O/c1-3-5-6-13(4-2)10-19-17(23)15-9-14(7-8-16(15)18)22-11-20-21-12-22/h7-9,11-13H,3-6,10H2,1-2H3,(H,19,23)/t13-/m0/s1. The summed E-state index contributed by atoms with van der Waals surface area (Å²) in [5.41, 5.74) is 1.49. The molecule has 0 bridgehead atoms. The van der Waals surface area contributed by atoms with E-state index in [9.17, 15) is 4.79 Å². The summed E-state index contributed by atoms with van der Waals surface area (Å²) in [6.45, 7) is 5.09. The molecule has 6 heteroatoms. The fourth-order valence-corrected chi connectivity index (χ4v) is 2.88. The number of unbranched alkanes of at least 4 members (excludes halogenated alkanes) is 1. The molecule has 1 aromatic carbocycles. The monoisotopic (exact) mass is 378 g/mol. The molecule has 1 aromatic heterocycles. The van der Waals surface area contributed by atoms with E-state index < -0.39 is 0 Å². The summed E-state index contributed by atoms with van der Waals surface area (Å²) >= 11 is 3.46. The maximum absolute atomic E-state index is 12.5. The first-order valence-electron chi connectivity index (χ1n) is 8.08. The van der Waals surface area contributed by atoms with E-state index in [0.29, 0.717) is 11.5 Å². The molecule has 5 nitrogen and oxygen atoms in total. The van der Waals surface area contributed by atoms with E-state index in [2.05, 4.69) is 45.3 Å². The molecule has 2 rings (SSSR count). The van der Waals surface area contributed by atoms with Crippen LogP contribution < -0.4 is 5.32 Å². The molecule has 124 valence electrons. The lowest BCUT2D eigenvalue weighted by molar-refractivity contribution is 0.0945. The molecule has 0 aliphatic rings. The van der Waals surface area contributed by atoms with Crippen molar-refractivity contribution in [3.05, 3.63) is 40.9 Å². The van der Waals surface area contributed by atoms with Gasteiger partial charge in [-0.25, -0.2) is 0 Å². The predicted octanol–water partition coefficient (Wildman–Crippen LogP) is 3.98. The lowest BCUT2D eigenvalue weighted by Gasteiger charge is -2.16. The van der Waals surface area contributed by atoms with Crippen LogP contribution in [0.15, 0.2) is 35.3 Å². The molecule has 1 N–H and O–H groups in total. The van der Waals surface area contributed by atoms with E-state index in [-0.39, 0.29) is 5.91 Å². The van der Waals surface area contributed by atoms with Crippen molar-refractivity contribution in [2.24, 2.45) is 5.92 Å². The minimum atomic E-state index is -0.0539. The van der Waals surface area contributed by atoms with Gasteiger partial charge >= 0.3 is 0 Å². The van der Waals surface area contributed by atoms with Gasteiger partial charge in [-0.2, -0.15) is 0 Å². The summed E-state index contributed by atoms with van der Waals surface area (Å²) in [5, 5.41) is 10.7. The molecule has 0 radical (unpaired) electrons. The average molecular weight is 379 g/mol. The quantitative estimate of drug-likeness (QED) is 0.755. The van der Waals surface area contributed by atoms with Crippen molar-refractivity contribution < 1.29 is 4.79 Å². The first-order valence-corrected chi connectivity index (χ1v) is 8.87. The fraction of sp³-hybridized carbons (Fsp3) is 0.471. The number of amides is 1. The van der Waals surface area contributed by atoms with Gasteiger partial charge in [0.1, 0.15) is 12.7 Å². The molecule has 0 aliphatic carbocycles. The number of rotatable bonds is 8. The van der Waals surface area contributed by atoms with E-state index >= 15 is 0 Å². The third kappa shape index (κ3) is 4.89. The van der Waals surface area contributed by atoms with Crippen molar-refractivity contribution in [2.75, 3.05) is 6.54 Å². The van der Waals surface area contributed by atoms with Gasteiger partial charge in [-0.15, -0.1) is 10.2 Å². The second-order valence-electron chi connectivity index (χ2n) is 5.66. The second kappa shape index (κ2) is 8.82. The Bertz CT molecular complexity index is 628. The first-order chi connectivity index (χ1) is 11.2. The largest absolute Gasteiger partial charge is 0.352 e. The lowest BCUT2D eigenvalue weighted by atomic mass is 9.99. The highest BCUT2D eigenvalue weighted by molar-refractivity contribution is 9.10. The minimum absolute atomic E-state index is 0.0539. The van der Waals surface area contributed by atoms with Crippen molar-refractivity contribution in [3.63, 3.8) is 0 Å². The van der Waals surface area contributed by atoms with Crippen molar-refractivity contribution in [3.8, 4) is 5.69 Å². The van der Waals surface area contributed by atoms with E-state index in [1.54, 1.807) is 17.2 Å². The average Bonchev–Trinajstić information content (AvgIpc) is 3.09. The molecule has 0 saturated heterocycles. The third-order valence-corrected chi connectivity index (χ3v) is 4.70. The number of benzene rings is 1. The number of nitrogens with zero attached hydrogens (tertiary/aromatic N) is 3. The number of nitrogens with one attached hydrogen (secondary N) is 1. The van der Waals surface area contributed by atoms with Crippen LogP contribution in [0.25, 0.3) is 5.69 Å². The molecule has 1 amide bonds. The van der Waals surface area contributed by atoms with Gasteiger partial charge in [-0.3, -0.25) is 9.36 Å². The number of aromatic nitrogens is 3. The zero-order chi connectivity index (χ0) is 16.7. The van der Waals surface area contributed by atoms with Crippen LogP contribution in [0.4, 0.5) is 0 Å². The van der Waals surface area contributed by atoms with Gasteiger partial charge in [0.15, 0.2) is 0 Å². The zero-order valence-corrected chi connectivity index (χ0v) is 15.2. The molecule has 2 aromatic rings. The Morgan fingerprint density at radius 3 is 2.70 bits per heavy atom. The van der Waals surface area contributed by atoms with E-state index in [4.69, 9.17) is 0 Å². The molecule has 0 unspecified atom stereocenters. The fourth-order valence-electron chi connectivity index (χ4n) is 2.46. The highest BCUT2D eigenvalue weighted by Crippen LogP contribution is 2.21. The van der Waals surface area contributed by atoms with Crippen LogP contribution in [-0.4, -0.2) is 27.2 Å². The van der Waals surface area contributed by atoms with Gasteiger partial charge in [0.2, 0.25) is 0 Å². The van der Waals surface area contributed by atoms with Crippen molar-refractivity contribution >= 4 is 21.8 Å². The summed E-state index contributed by atoms with van der Waals surface area (Å²) in [7, 11) is 0. The van der Waals surface area contributed by atoms with Crippen LogP contribution in [0.1, 0.15) is 49.9 Å². The molecule has 1 atom stereocenters. The maximum atomic E-state index is 12.5. The second-order valence-corrected chi connectivity index (χ2v) is 6.51. The number of hydrogen-bond donors (Lipinski definition) is 1. The number of carbonyl (C=O) groups excluding carboxylic acids is 1. The number of carbonyl (C=O) groups is 1. The summed E-state index contributed by atoms with van der Waals surface area (Å²) in [4.78, 5) is 12.5. The van der Waals surface area contributed by atoms with E-state index in [1.165, 1.54) is 12.8 Å². The van der Waals surface area contributed by atoms with Crippen molar-refractivity contribution in [2.45, 2.75) is 39.5 Å². The van der Waals surface area contributed by atoms with Gasteiger partial charge in [0, 0.05) is 16.7 Å². The Morgan fingerprint density at radius 1 is 1.30 bits per heavy atom.